The van der Waals surface area contributed by atoms with Crippen LogP contribution in [0.4, 0.5) is 0 Å². The van der Waals surface area contributed by atoms with Crippen molar-refractivity contribution in [2.24, 2.45) is 0 Å². The molecule has 0 radical (unpaired) electrons. The highest BCUT2D eigenvalue weighted by molar-refractivity contribution is 7.99. The van der Waals surface area contributed by atoms with E-state index >= 15 is 0 Å². The molecule has 0 N–H and O–H groups in total. The molecule has 106 valence electrons. The van der Waals surface area contributed by atoms with E-state index < -0.39 is 0 Å². The second kappa shape index (κ2) is 8.86. The van der Waals surface area contributed by atoms with Gasteiger partial charge in [0.15, 0.2) is 0 Å². The molecular formula is C19H24S. The lowest BCUT2D eigenvalue weighted by molar-refractivity contribution is 0.717. The van der Waals surface area contributed by atoms with Gasteiger partial charge in [0.2, 0.25) is 0 Å². The topological polar surface area (TPSA) is 0 Å². The van der Waals surface area contributed by atoms with Crippen molar-refractivity contribution in [3.63, 3.8) is 0 Å². The van der Waals surface area contributed by atoms with Crippen LogP contribution >= 0.6 is 11.8 Å². The van der Waals surface area contributed by atoms with Gasteiger partial charge >= 0.3 is 0 Å². The van der Waals surface area contributed by atoms with Gasteiger partial charge in [-0.25, -0.2) is 0 Å². The normalized spacial score (nSPS) is 10.7. The predicted molar refractivity (Wildman–Crippen MR) is 90.5 cm³/mol. The monoisotopic (exact) mass is 284 g/mol. The second-order valence-electron chi connectivity index (χ2n) is 5.19. The average molecular weight is 284 g/mol. The van der Waals surface area contributed by atoms with Gasteiger partial charge in [0.25, 0.3) is 0 Å². The van der Waals surface area contributed by atoms with E-state index in [1.54, 1.807) is 0 Å². The summed E-state index contributed by atoms with van der Waals surface area (Å²) < 4.78 is 0. The molecule has 0 nitrogen and oxygen atoms in total. The number of aryl methyl sites for hydroxylation is 2. The van der Waals surface area contributed by atoms with Crippen LogP contribution in [0.15, 0.2) is 59.5 Å². The molecule has 0 heterocycles. The van der Waals surface area contributed by atoms with Crippen molar-refractivity contribution in [3.8, 4) is 0 Å². The molecule has 0 bridgehead atoms. The minimum atomic E-state index is 1.15. The highest BCUT2D eigenvalue weighted by Gasteiger charge is 1.97. The van der Waals surface area contributed by atoms with Crippen LogP contribution in [-0.2, 0) is 12.8 Å². The molecule has 0 spiro atoms. The fourth-order valence-corrected chi connectivity index (χ4v) is 3.18. The summed E-state index contributed by atoms with van der Waals surface area (Å²) in [7, 11) is 0. The zero-order valence-electron chi connectivity index (χ0n) is 12.3. The van der Waals surface area contributed by atoms with Crippen LogP contribution in [0.25, 0.3) is 0 Å². The molecule has 0 saturated heterocycles. The summed E-state index contributed by atoms with van der Waals surface area (Å²) >= 11 is 1.94. The molecule has 0 aromatic heterocycles. The molecule has 0 unspecified atom stereocenters. The lowest BCUT2D eigenvalue weighted by atomic mass is 10.0. The van der Waals surface area contributed by atoms with Crippen LogP contribution in [0, 0.1) is 0 Å². The Morgan fingerprint density at radius 1 is 0.750 bits per heavy atom. The minimum absolute atomic E-state index is 1.15. The van der Waals surface area contributed by atoms with E-state index in [1.807, 2.05) is 11.8 Å². The Morgan fingerprint density at radius 2 is 1.40 bits per heavy atom. The number of benzene rings is 2. The molecule has 2 aromatic carbocycles. The minimum Gasteiger partial charge on any atom is -0.126 e. The standard InChI is InChI=1S/C19H24S/c1-2-3-5-8-17-11-13-18(14-12-17)15-16-20-19-9-6-4-7-10-19/h4,6-7,9-14H,2-3,5,8,15-16H2,1H3. The second-order valence-corrected chi connectivity index (χ2v) is 6.35. The van der Waals surface area contributed by atoms with Crippen molar-refractivity contribution in [3.05, 3.63) is 65.7 Å². The fraction of sp³-hybridized carbons (Fsp3) is 0.368. The largest absolute Gasteiger partial charge is 0.126 e. The summed E-state index contributed by atoms with van der Waals surface area (Å²) in [6.07, 6.45) is 6.34. The van der Waals surface area contributed by atoms with Crippen LogP contribution in [0.2, 0.25) is 0 Å². The number of unbranched alkanes of at least 4 members (excludes halogenated alkanes) is 2. The van der Waals surface area contributed by atoms with E-state index in [-0.39, 0.29) is 0 Å². The third-order valence-corrected chi connectivity index (χ3v) is 4.51. The van der Waals surface area contributed by atoms with Crippen molar-refractivity contribution in [1.29, 1.82) is 0 Å². The van der Waals surface area contributed by atoms with Gasteiger partial charge in [-0.05, 0) is 42.5 Å². The van der Waals surface area contributed by atoms with Gasteiger partial charge in [0.1, 0.15) is 0 Å². The van der Waals surface area contributed by atoms with Crippen LogP contribution < -0.4 is 0 Å². The zero-order chi connectivity index (χ0) is 14.0. The van der Waals surface area contributed by atoms with Crippen molar-refractivity contribution < 1.29 is 0 Å². The molecule has 0 amide bonds. The molecule has 2 aromatic rings. The maximum atomic E-state index is 2.30. The van der Waals surface area contributed by atoms with Crippen molar-refractivity contribution in [2.75, 3.05) is 5.75 Å². The molecule has 0 aliphatic carbocycles. The molecule has 0 fully saturated rings. The van der Waals surface area contributed by atoms with Gasteiger partial charge in [-0.2, -0.15) is 0 Å². The van der Waals surface area contributed by atoms with Crippen molar-refractivity contribution >= 4 is 11.8 Å². The van der Waals surface area contributed by atoms with E-state index in [1.165, 1.54) is 41.7 Å². The fourth-order valence-electron chi connectivity index (χ4n) is 2.26. The number of rotatable bonds is 8. The molecular weight excluding hydrogens is 260 g/mol. The van der Waals surface area contributed by atoms with Gasteiger partial charge in [-0.15, -0.1) is 11.8 Å². The van der Waals surface area contributed by atoms with E-state index in [9.17, 15) is 0 Å². The molecule has 0 saturated carbocycles. The van der Waals surface area contributed by atoms with Gasteiger partial charge in [0.05, 0.1) is 0 Å². The maximum absolute atomic E-state index is 2.30. The van der Waals surface area contributed by atoms with Crippen molar-refractivity contribution in [2.45, 2.75) is 43.9 Å². The molecule has 20 heavy (non-hydrogen) atoms. The van der Waals surface area contributed by atoms with Crippen molar-refractivity contribution in [1.82, 2.24) is 0 Å². The molecule has 0 atom stereocenters. The Kier molecular flexibility index (Phi) is 6.73. The Hall–Kier alpha value is -1.21. The van der Waals surface area contributed by atoms with Crippen LogP contribution in [0.3, 0.4) is 0 Å². The van der Waals surface area contributed by atoms with E-state index in [0.717, 1.165) is 12.2 Å². The van der Waals surface area contributed by atoms with E-state index in [0.29, 0.717) is 0 Å². The summed E-state index contributed by atoms with van der Waals surface area (Å²) in [4.78, 5) is 1.36. The van der Waals surface area contributed by atoms with Gasteiger partial charge < -0.3 is 0 Å². The van der Waals surface area contributed by atoms with E-state index in [2.05, 4.69) is 61.5 Å². The van der Waals surface area contributed by atoms with Crippen LogP contribution in [0.1, 0.15) is 37.3 Å². The average Bonchev–Trinajstić information content (AvgIpc) is 2.50. The first-order valence-electron chi connectivity index (χ1n) is 7.64. The quantitative estimate of drug-likeness (QED) is 0.439. The zero-order valence-corrected chi connectivity index (χ0v) is 13.2. The SMILES string of the molecule is CCCCCc1ccc(CCSc2ccccc2)cc1. The van der Waals surface area contributed by atoms with Crippen LogP contribution in [-0.4, -0.2) is 5.75 Å². The summed E-state index contributed by atoms with van der Waals surface area (Å²) in [5, 5.41) is 0. The molecule has 0 aliphatic heterocycles. The van der Waals surface area contributed by atoms with Gasteiger partial charge in [-0.1, -0.05) is 62.2 Å². The molecule has 1 heteroatoms. The lowest BCUT2D eigenvalue weighted by Crippen LogP contribution is -1.90. The first-order chi connectivity index (χ1) is 9.88. The third-order valence-electron chi connectivity index (χ3n) is 3.49. The Morgan fingerprint density at radius 3 is 2.05 bits per heavy atom. The highest BCUT2D eigenvalue weighted by Crippen LogP contribution is 2.18. The van der Waals surface area contributed by atoms with E-state index in [4.69, 9.17) is 0 Å². The first kappa shape index (κ1) is 15.2. The van der Waals surface area contributed by atoms with Gasteiger partial charge in [-0.3, -0.25) is 0 Å². The number of thioether (sulfide) groups is 1. The predicted octanol–water partition coefficient (Wildman–Crippen LogP) is 5.75. The molecule has 2 rings (SSSR count). The van der Waals surface area contributed by atoms with Gasteiger partial charge in [0, 0.05) is 10.6 Å². The Labute approximate surface area is 127 Å². The number of hydrogen-bond acceptors (Lipinski definition) is 1. The third kappa shape index (κ3) is 5.42. The maximum Gasteiger partial charge on any atom is 0.00720 e. The summed E-state index contributed by atoms with van der Waals surface area (Å²) in [6.45, 7) is 2.26. The highest BCUT2D eigenvalue weighted by atomic mass is 32.2. The summed E-state index contributed by atoms with van der Waals surface area (Å²) in [5.41, 5.74) is 2.94. The Balaban J connectivity index is 1.73. The Bertz CT molecular complexity index is 473. The number of hydrogen-bond donors (Lipinski definition) is 0. The smallest absolute Gasteiger partial charge is 0.00720 e. The lowest BCUT2D eigenvalue weighted by Gasteiger charge is -2.05. The first-order valence-corrected chi connectivity index (χ1v) is 8.62. The molecule has 0 aliphatic rings. The summed E-state index contributed by atoms with van der Waals surface area (Å²) in [5.74, 6) is 1.15. The summed E-state index contributed by atoms with van der Waals surface area (Å²) in [6, 6.07) is 19.8. The van der Waals surface area contributed by atoms with Crippen LogP contribution in [0.5, 0.6) is 0 Å².